The minimum absolute atomic E-state index is 0.299. The number of hydrogen-bond acceptors (Lipinski definition) is 4. The first-order valence-corrected chi connectivity index (χ1v) is 9.04. The third kappa shape index (κ3) is 4.34. The van der Waals surface area contributed by atoms with Crippen LogP contribution < -0.4 is 5.73 Å². The monoisotopic (exact) mass is 275 g/mol. The molecule has 1 heterocycles. The summed E-state index contributed by atoms with van der Waals surface area (Å²) in [4.78, 5) is 0. The van der Waals surface area contributed by atoms with Gasteiger partial charge in [0.2, 0.25) is 0 Å². The quantitative estimate of drug-likeness (QED) is 0.774. The Bertz CT molecular complexity index is 213. The Hall–Kier alpha value is 0.620. The van der Waals surface area contributed by atoms with E-state index in [9.17, 15) is 5.11 Å². The van der Waals surface area contributed by atoms with Crippen LogP contribution in [0.3, 0.4) is 0 Å². The summed E-state index contributed by atoms with van der Waals surface area (Å²) in [5.74, 6) is 3.60. The zero-order chi connectivity index (χ0) is 12.1. The van der Waals surface area contributed by atoms with Crippen LogP contribution in [0, 0.1) is 11.8 Å². The zero-order valence-corrected chi connectivity index (χ0v) is 12.1. The highest BCUT2D eigenvalue weighted by molar-refractivity contribution is 8.17. The molecule has 100 valence electrons. The summed E-state index contributed by atoms with van der Waals surface area (Å²) >= 11 is 4.02. The molecule has 1 saturated carbocycles. The molecule has 2 aliphatic rings. The SMILES string of the molecule is N[C@H](O)C(CC1CCCCC1)C1SCCCS1. The lowest BCUT2D eigenvalue weighted by Crippen LogP contribution is -2.38. The lowest BCUT2D eigenvalue weighted by Gasteiger charge is -2.34. The molecule has 4 heteroatoms. The molecule has 0 radical (unpaired) electrons. The molecule has 1 saturated heterocycles. The molecule has 2 nitrogen and oxygen atoms in total. The van der Waals surface area contributed by atoms with Gasteiger partial charge in [0.05, 0.1) is 4.58 Å². The van der Waals surface area contributed by atoms with Crippen LogP contribution in [0.4, 0.5) is 0 Å². The van der Waals surface area contributed by atoms with Crippen molar-refractivity contribution in [1.29, 1.82) is 0 Å². The Balaban J connectivity index is 1.86. The number of nitrogens with two attached hydrogens (primary N) is 1. The summed E-state index contributed by atoms with van der Waals surface area (Å²) in [6, 6.07) is 0. The second kappa shape index (κ2) is 7.27. The van der Waals surface area contributed by atoms with E-state index < -0.39 is 6.23 Å². The van der Waals surface area contributed by atoms with Gasteiger partial charge in [0, 0.05) is 5.92 Å². The molecule has 0 spiro atoms. The average molecular weight is 275 g/mol. The number of rotatable bonds is 4. The molecule has 1 aliphatic heterocycles. The molecule has 2 fully saturated rings. The van der Waals surface area contributed by atoms with Gasteiger partial charge < -0.3 is 10.8 Å². The van der Waals surface area contributed by atoms with Crippen LogP contribution in [0.1, 0.15) is 44.9 Å². The number of hydrogen-bond donors (Lipinski definition) is 2. The summed E-state index contributed by atoms with van der Waals surface area (Å²) in [6.45, 7) is 0. The standard InChI is InChI=1S/C13H25NOS2/c14-12(15)11(13-16-7-4-8-17-13)9-10-5-2-1-3-6-10/h10-13,15H,1-9,14H2/t11?,12-/m1/s1. The number of aliphatic hydroxyl groups is 1. The first kappa shape index (κ1) is 14.0. The Morgan fingerprint density at radius 1 is 1.06 bits per heavy atom. The summed E-state index contributed by atoms with van der Waals surface area (Å²) in [5, 5.41) is 9.85. The topological polar surface area (TPSA) is 46.2 Å². The maximum Gasteiger partial charge on any atom is 0.107 e. The second-order valence-electron chi connectivity index (χ2n) is 5.36. The van der Waals surface area contributed by atoms with Gasteiger partial charge in [-0.3, -0.25) is 0 Å². The van der Waals surface area contributed by atoms with E-state index in [2.05, 4.69) is 0 Å². The van der Waals surface area contributed by atoms with Crippen LogP contribution in [0.15, 0.2) is 0 Å². The Morgan fingerprint density at radius 3 is 2.29 bits per heavy atom. The van der Waals surface area contributed by atoms with E-state index in [1.165, 1.54) is 50.0 Å². The average Bonchev–Trinajstić information content (AvgIpc) is 2.38. The van der Waals surface area contributed by atoms with Crippen LogP contribution in [-0.4, -0.2) is 27.4 Å². The molecule has 0 amide bonds. The van der Waals surface area contributed by atoms with Gasteiger partial charge in [-0.2, -0.15) is 0 Å². The van der Waals surface area contributed by atoms with E-state index in [0.29, 0.717) is 10.5 Å². The van der Waals surface area contributed by atoms with Gasteiger partial charge in [0.1, 0.15) is 6.23 Å². The molecule has 0 aromatic carbocycles. The Labute approximate surface area is 113 Å². The lowest BCUT2D eigenvalue weighted by molar-refractivity contribution is 0.101. The van der Waals surface area contributed by atoms with Gasteiger partial charge in [-0.05, 0) is 30.3 Å². The van der Waals surface area contributed by atoms with Crippen molar-refractivity contribution in [3.63, 3.8) is 0 Å². The fourth-order valence-electron chi connectivity index (χ4n) is 2.97. The van der Waals surface area contributed by atoms with Crippen molar-refractivity contribution in [3.05, 3.63) is 0 Å². The van der Waals surface area contributed by atoms with Crippen molar-refractivity contribution >= 4 is 23.5 Å². The summed E-state index contributed by atoms with van der Waals surface area (Å²) in [6.07, 6.45) is 8.69. The minimum atomic E-state index is -0.625. The molecule has 2 rings (SSSR count). The van der Waals surface area contributed by atoms with Crippen molar-refractivity contribution in [2.45, 2.75) is 55.8 Å². The van der Waals surface area contributed by atoms with E-state index >= 15 is 0 Å². The molecule has 17 heavy (non-hydrogen) atoms. The molecule has 1 unspecified atom stereocenters. The van der Waals surface area contributed by atoms with E-state index in [-0.39, 0.29) is 0 Å². The molecule has 1 aliphatic carbocycles. The highest BCUT2D eigenvalue weighted by Gasteiger charge is 2.31. The van der Waals surface area contributed by atoms with Crippen LogP contribution in [0.5, 0.6) is 0 Å². The second-order valence-corrected chi connectivity index (χ2v) is 8.16. The van der Waals surface area contributed by atoms with E-state index in [1.54, 1.807) is 0 Å². The minimum Gasteiger partial charge on any atom is -0.378 e. The molecule has 2 atom stereocenters. The normalized spacial score (nSPS) is 27.9. The van der Waals surface area contributed by atoms with Crippen LogP contribution in [-0.2, 0) is 0 Å². The molecule has 0 aromatic heterocycles. The Morgan fingerprint density at radius 2 is 1.71 bits per heavy atom. The van der Waals surface area contributed by atoms with E-state index in [1.807, 2.05) is 23.5 Å². The van der Waals surface area contributed by atoms with Crippen LogP contribution in [0.25, 0.3) is 0 Å². The summed E-state index contributed by atoms with van der Waals surface area (Å²) < 4.78 is 0.533. The van der Waals surface area contributed by atoms with Crippen molar-refractivity contribution < 1.29 is 5.11 Å². The first-order chi connectivity index (χ1) is 8.27. The number of aliphatic hydroxyl groups excluding tert-OH is 1. The van der Waals surface area contributed by atoms with Gasteiger partial charge in [-0.15, -0.1) is 23.5 Å². The van der Waals surface area contributed by atoms with Gasteiger partial charge >= 0.3 is 0 Å². The highest BCUT2D eigenvalue weighted by atomic mass is 32.2. The third-order valence-corrected chi connectivity index (χ3v) is 7.19. The van der Waals surface area contributed by atoms with Gasteiger partial charge in [0.25, 0.3) is 0 Å². The Kier molecular flexibility index (Phi) is 6.00. The molecule has 0 bridgehead atoms. The zero-order valence-electron chi connectivity index (χ0n) is 10.5. The molecular weight excluding hydrogens is 250 g/mol. The fraction of sp³-hybridized carbons (Fsp3) is 1.00. The molecule has 0 aromatic rings. The van der Waals surface area contributed by atoms with Crippen molar-refractivity contribution in [3.8, 4) is 0 Å². The highest BCUT2D eigenvalue weighted by Crippen LogP contribution is 2.41. The van der Waals surface area contributed by atoms with Gasteiger partial charge in [-0.1, -0.05) is 32.1 Å². The van der Waals surface area contributed by atoms with Crippen molar-refractivity contribution in [1.82, 2.24) is 0 Å². The molecule has 3 N–H and O–H groups in total. The predicted octanol–water partition coefficient (Wildman–Crippen LogP) is 3.05. The summed E-state index contributed by atoms with van der Waals surface area (Å²) in [7, 11) is 0. The number of thioether (sulfide) groups is 2. The van der Waals surface area contributed by atoms with Crippen molar-refractivity contribution in [2.24, 2.45) is 17.6 Å². The maximum atomic E-state index is 9.85. The van der Waals surface area contributed by atoms with E-state index in [0.717, 1.165) is 12.3 Å². The smallest absolute Gasteiger partial charge is 0.107 e. The maximum absolute atomic E-state index is 9.85. The van der Waals surface area contributed by atoms with Crippen molar-refractivity contribution in [2.75, 3.05) is 11.5 Å². The largest absolute Gasteiger partial charge is 0.378 e. The lowest BCUT2D eigenvalue weighted by atomic mass is 9.83. The van der Waals surface area contributed by atoms with Crippen LogP contribution >= 0.6 is 23.5 Å². The molecular formula is C13H25NOS2. The van der Waals surface area contributed by atoms with Gasteiger partial charge in [0.15, 0.2) is 0 Å². The van der Waals surface area contributed by atoms with E-state index in [4.69, 9.17) is 5.73 Å². The summed E-state index contributed by atoms with van der Waals surface area (Å²) in [5.41, 5.74) is 5.81. The van der Waals surface area contributed by atoms with Gasteiger partial charge in [-0.25, -0.2) is 0 Å². The fourth-order valence-corrected chi connectivity index (χ4v) is 6.24. The van der Waals surface area contributed by atoms with Crippen LogP contribution in [0.2, 0.25) is 0 Å². The third-order valence-electron chi connectivity index (χ3n) is 3.97. The predicted molar refractivity (Wildman–Crippen MR) is 78.2 cm³/mol. The first-order valence-electron chi connectivity index (χ1n) is 6.94.